The van der Waals surface area contributed by atoms with Gasteiger partial charge in [0.1, 0.15) is 5.82 Å². The van der Waals surface area contributed by atoms with Gasteiger partial charge < -0.3 is 10.3 Å². The minimum absolute atomic E-state index is 0.768. The van der Waals surface area contributed by atoms with E-state index in [0.29, 0.717) is 0 Å². The summed E-state index contributed by atoms with van der Waals surface area (Å²) in [6.07, 6.45) is 3.03. The molecule has 0 aliphatic heterocycles. The molecule has 104 valence electrons. The lowest BCUT2D eigenvalue weighted by Crippen LogP contribution is -2.06. The minimum atomic E-state index is 0.768. The lowest BCUT2D eigenvalue weighted by atomic mass is 10.2. The fourth-order valence-corrected chi connectivity index (χ4v) is 3.04. The second kappa shape index (κ2) is 5.63. The molecule has 0 saturated carbocycles. The molecule has 0 atom stereocenters. The van der Waals surface area contributed by atoms with Crippen LogP contribution in [0.5, 0.6) is 0 Å². The van der Waals surface area contributed by atoms with Crippen LogP contribution in [-0.2, 0) is 19.4 Å². The van der Waals surface area contributed by atoms with E-state index in [1.807, 2.05) is 17.6 Å². The SMILES string of the molecule is CCCc1nc2cc(N)ccc2n1CCc1cscn1. The van der Waals surface area contributed by atoms with Gasteiger partial charge >= 0.3 is 0 Å². The molecule has 2 aromatic heterocycles. The van der Waals surface area contributed by atoms with E-state index >= 15 is 0 Å². The van der Waals surface area contributed by atoms with Crippen LogP contribution < -0.4 is 5.73 Å². The molecule has 20 heavy (non-hydrogen) atoms. The molecule has 0 amide bonds. The second-order valence-corrected chi connectivity index (χ2v) is 5.63. The largest absolute Gasteiger partial charge is 0.399 e. The van der Waals surface area contributed by atoms with Gasteiger partial charge in [0, 0.05) is 30.5 Å². The maximum absolute atomic E-state index is 5.85. The number of hydrogen-bond acceptors (Lipinski definition) is 4. The van der Waals surface area contributed by atoms with E-state index in [1.165, 1.54) is 0 Å². The standard InChI is InChI=1S/C15H18N4S/c1-2-3-15-18-13-8-11(16)4-5-14(13)19(15)7-6-12-9-20-10-17-12/h4-5,8-10H,2-3,6-7,16H2,1H3. The molecular formula is C15H18N4S. The smallest absolute Gasteiger partial charge is 0.109 e. The molecule has 0 aliphatic carbocycles. The van der Waals surface area contributed by atoms with Gasteiger partial charge in [-0.05, 0) is 24.6 Å². The highest BCUT2D eigenvalue weighted by Gasteiger charge is 2.10. The van der Waals surface area contributed by atoms with Crippen molar-refractivity contribution in [2.24, 2.45) is 0 Å². The Morgan fingerprint density at radius 2 is 2.20 bits per heavy atom. The quantitative estimate of drug-likeness (QED) is 0.732. The minimum Gasteiger partial charge on any atom is -0.399 e. The van der Waals surface area contributed by atoms with Crippen LogP contribution in [-0.4, -0.2) is 14.5 Å². The summed E-state index contributed by atoms with van der Waals surface area (Å²) < 4.78 is 2.30. The normalized spacial score (nSPS) is 11.2. The van der Waals surface area contributed by atoms with Gasteiger partial charge in [-0.1, -0.05) is 6.92 Å². The molecule has 0 bridgehead atoms. The van der Waals surface area contributed by atoms with Crippen molar-refractivity contribution >= 4 is 28.1 Å². The summed E-state index contributed by atoms with van der Waals surface area (Å²) >= 11 is 1.64. The Morgan fingerprint density at radius 1 is 1.30 bits per heavy atom. The monoisotopic (exact) mass is 286 g/mol. The zero-order valence-corrected chi connectivity index (χ0v) is 12.4. The van der Waals surface area contributed by atoms with Gasteiger partial charge in [0.25, 0.3) is 0 Å². The summed E-state index contributed by atoms with van der Waals surface area (Å²) in [7, 11) is 0. The predicted molar refractivity (Wildman–Crippen MR) is 84.0 cm³/mol. The first-order chi connectivity index (χ1) is 9.78. The average molecular weight is 286 g/mol. The van der Waals surface area contributed by atoms with Crippen molar-refractivity contribution in [3.63, 3.8) is 0 Å². The fraction of sp³-hybridized carbons (Fsp3) is 0.333. The number of hydrogen-bond donors (Lipinski definition) is 1. The highest BCUT2D eigenvalue weighted by atomic mass is 32.1. The van der Waals surface area contributed by atoms with Crippen LogP contribution >= 0.6 is 11.3 Å². The van der Waals surface area contributed by atoms with Gasteiger partial charge in [-0.15, -0.1) is 11.3 Å². The van der Waals surface area contributed by atoms with Crippen molar-refractivity contribution in [3.8, 4) is 0 Å². The molecule has 2 N–H and O–H groups in total. The zero-order valence-electron chi connectivity index (χ0n) is 11.5. The highest BCUT2D eigenvalue weighted by Crippen LogP contribution is 2.20. The van der Waals surface area contributed by atoms with Gasteiger partial charge in [0.15, 0.2) is 0 Å². The van der Waals surface area contributed by atoms with Gasteiger partial charge in [-0.25, -0.2) is 9.97 Å². The molecule has 0 aliphatic rings. The number of anilines is 1. The van der Waals surface area contributed by atoms with E-state index in [-0.39, 0.29) is 0 Å². The zero-order chi connectivity index (χ0) is 13.9. The number of aryl methyl sites for hydroxylation is 3. The molecule has 0 unspecified atom stereocenters. The fourth-order valence-electron chi connectivity index (χ4n) is 2.45. The molecule has 0 radical (unpaired) electrons. The van der Waals surface area contributed by atoms with E-state index in [2.05, 4.69) is 27.9 Å². The van der Waals surface area contributed by atoms with Gasteiger partial charge in [0.05, 0.1) is 22.2 Å². The summed E-state index contributed by atoms with van der Waals surface area (Å²) in [6, 6.07) is 5.96. The van der Waals surface area contributed by atoms with E-state index < -0.39 is 0 Å². The Hall–Kier alpha value is -1.88. The van der Waals surface area contributed by atoms with E-state index in [4.69, 9.17) is 10.7 Å². The van der Waals surface area contributed by atoms with Gasteiger partial charge in [0.2, 0.25) is 0 Å². The van der Waals surface area contributed by atoms with E-state index in [9.17, 15) is 0 Å². The molecule has 5 heteroatoms. The van der Waals surface area contributed by atoms with Crippen LogP contribution in [0.25, 0.3) is 11.0 Å². The number of thiazole rings is 1. The first-order valence-electron chi connectivity index (χ1n) is 6.89. The van der Waals surface area contributed by atoms with Crippen LogP contribution in [0, 0.1) is 0 Å². The lowest BCUT2D eigenvalue weighted by Gasteiger charge is -2.07. The third kappa shape index (κ3) is 2.54. The Balaban J connectivity index is 1.95. The predicted octanol–water partition coefficient (Wildman–Crippen LogP) is 3.27. The molecule has 1 aromatic carbocycles. The molecule has 4 nitrogen and oxygen atoms in total. The molecular weight excluding hydrogens is 268 g/mol. The number of fused-ring (bicyclic) bond motifs is 1. The average Bonchev–Trinajstić information content (AvgIpc) is 3.04. The summed E-state index contributed by atoms with van der Waals surface area (Å²) in [6.45, 7) is 3.10. The van der Waals surface area contributed by atoms with Crippen molar-refractivity contribution < 1.29 is 0 Å². The number of benzene rings is 1. The van der Waals surface area contributed by atoms with Crippen molar-refractivity contribution in [2.45, 2.75) is 32.7 Å². The first kappa shape index (κ1) is 13.1. The van der Waals surface area contributed by atoms with Crippen LogP contribution in [0.1, 0.15) is 24.9 Å². The van der Waals surface area contributed by atoms with Crippen molar-refractivity contribution in [3.05, 3.63) is 40.6 Å². The summed E-state index contributed by atoms with van der Waals surface area (Å²) in [5.74, 6) is 1.14. The third-order valence-corrected chi connectivity index (χ3v) is 4.04. The Bertz CT molecular complexity index is 700. The Morgan fingerprint density at radius 3 is 2.95 bits per heavy atom. The van der Waals surface area contributed by atoms with Crippen molar-refractivity contribution in [1.29, 1.82) is 0 Å². The van der Waals surface area contributed by atoms with E-state index in [0.717, 1.165) is 54.0 Å². The number of nitrogens with zero attached hydrogens (tertiary/aromatic N) is 3. The maximum Gasteiger partial charge on any atom is 0.109 e. The number of rotatable bonds is 5. The van der Waals surface area contributed by atoms with Crippen molar-refractivity contribution in [2.75, 3.05) is 5.73 Å². The number of imidazole rings is 1. The first-order valence-corrected chi connectivity index (χ1v) is 7.84. The molecule has 0 saturated heterocycles. The van der Waals surface area contributed by atoms with Crippen LogP contribution in [0.2, 0.25) is 0 Å². The topological polar surface area (TPSA) is 56.7 Å². The van der Waals surface area contributed by atoms with Crippen molar-refractivity contribution in [1.82, 2.24) is 14.5 Å². The molecule has 0 fully saturated rings. The number of nitrogen functional groups attached to an aromatic ring is 1. The maximum atomic E-state index is 5.85. The summed E-state index contributed by atoms with van der Waals surface area (Å²) in [4.78, 5) is 9.08. The van der Waals surface area contributed by atoms with Crippen LogP contribution in [0.4, 0.5) is 5.69 Å². The van der Waals surface area contributed by atoms with Gasteiger partial charge in [-0.3, -0.25) is 0 Å². The highest BCUT2D eigenvalue weighted by molar-refractivity contribution is 7.07. The Kier molecular flexibility index (Phi) is 3.69. The molecule has 0 spiro atoms. The Labute approximate surface area is 122 Å². The summed E-state index contributed by atoms with van der Waals surface area (Å²) in [5.41, 5.74) is 11.8. The molecule has 3 rings (SSSR count). The van der Waals surface area contributed by atoms with Gasteiger partial charge in [-0.2, -0.15) is 0 Å². The third-order valence-electron chi connectivity index (χ3n) is 3.40. The molecule has 2 heterocycles. The molecule has 3 aromatic rings. The lowest BCUT2D eigenvalue weighted by molar-refractivity contribution is 0.653. The number of nitrogens with two attached hydrogens (primary N) is 1. The second-order valence-electron chi connectivity index (χ2n) is 4.91. The van der Waals surface area contributed by atoms with Crippen LogP contribution in [0.3, 0.4) is 0 Å². The van der Waals surface area contributed by atoms with Crippen LogP contribution in [0.15, 0.2) is 29.1 Å². The summed E-state index contributed by atoms with van der Waals surface area (Å²) in [5, 5.41) is 2.11. The number of aromatic nitrogens is 3. The van der Waals surface area contributed by atoms with E-state index in [1.54, 1.807) is 11.3 Å².